The van der Waals surface area contributed by atoms with Crippen molar-refractivity contribution in [3.63, 3.8) is 0 Å². The van der Waals surface area contributed by atoms with Gasteiger partial charge in [-0.2, -0.15) is 0 Å². The summed E-state index contributed by atoms with van der Waals surface area (Å²) in [6, 6.07) is 0. The van der Waals surface area contributed by atoms with Gasteiger partial charge in [0.25, 0.3) is 5.91 Å². The van der Waals surface area contributed by atoms with Gasteiger partial charge < -0.3 is 20.7 Å². The van der Waals surface area contributed by atoms with E-state index in [-0.39, 0.29) is 11.6 Å². The van der Waals surface area contributed by atoms with Crippen LogP contribution in [-0.4, -0.2) is 27.5 Å². The van der Waals surface area contributed by atoms with Gasteiger partial charge in [0.2, 0.25) is 5.76 Å². The molecule has 0 unspecified atom stereocenters. The van der Waals surface area contributed by atoms with Crippen LogP contribution in [0.1, 0.15) is 41.9 Å². The summed E-state index contributed by atoms with van der Waals surface area (Å²) in [5, 5.41) is 14.7. The van der Waals surface area contributed by atoms with Crippen molar-refractivity contribution in [1.29, 1.82) is 0 Å². The molecule has 0 radical (unpaired) electrons. The number of nitrogens with zero attached hydrogens (tertiary/aromatic N) is 2. The normalized spacial score (nSPS) is 18.8. The summed E-state index contributed by atoms with van der Waals surface area (Å²) >= 11 is 0. The van der Waals surface area contributed by atoms with Crippen molar-refractivity contribution in [2.24, 2.45) is 10.9 Å². The van der Waals surface area contributed by atoms with Gasteiger partial charge in [-0.1, -0.05) is 18.0 Å². The third-order valence-electron chi connectivity index (χ3n) is 3.36. The van der Waals surface area contributed by atoms with Crippen LogP contribution in [0.5, 0.6) is 0 Å². The van der Waals surface area contributed by atoms with Gasteiger partial charge in [0.05, 0.1) is 5.69 Å². The Balaban J connectivity index is 2.21. The third kappa shape index (κ3) is 2.03. The molecular weight excluding hydrogens is 236 g/mol. The van der Waals surface area contributed by atoms with Crippen LogP contribution < -0.4 is 11.1 Å². The minimum atomic E-state index is -0.773. The molecule has 7 heteroatoms. The molecular formula is C11H16N4O3. The number of aromatic nitrogens is 1. The Labute approximate surface area is 104 Å². The largest absolute Gasteiger partial charge is 0.438 e. The molecule has 1 fully saturated rings. The van der Waals surface area contributed by atoms with Gasteiger partial charge in [0.1, 0.15) is 5.54 Å². The molecule has 1 amide bonds. The summed E-state index contributed by atoms with van der Waals surface area (Å²) in [5.74, 6) is -0.198. The zero-order valence-electron chi connectivity index (χ0n) is 10.1. The van der Waals surface area contributed by atoms with E-state index in [1.54, 1.807) is 6.92 Å². The van der Waals surface area contributed by atoms with Gasteiger partial charge >= 0.3 is 0 Å². The Morgan fingerprint density at radius 1 is 1.61 bits per heavy atom. The number of hydrogen-bond donors (Lipinski definition) is 3. The summed E-state index contributed by atoms with van der Waals surface area (Å²) in [7, 11) is 0. The average molecular weight is 252 g/mol. The highest BCUT2D eigenvalue weighted by Gasteiger charge is 2.40. The number of nitrogens with one attached hydrogen (secondary N) is 1. The highest BCUT2D eigenvalue weighted by molar-refractivity contribution is 5.99. The first-order chi connectivity index (χ1) is 8.59. The van der Waals surface area contributed by atoms with E-state index in [0.717, 1.165) is 12.8 Å². The number of amidine groups is 1. The summed E-state index contributed by atoms with van der Waals surface area (Å²) in [5.41, 5.74) is 5.43. The Bertz CT molecular complexity index is 474. The van der Waals surface area contributed by atoms with Crippen LogP contribution in [0.25, 0.3) is 0 Å². The number of carbonyl (C=O) groups is 1. The summed E-state index contributed by atoms with van der Waals surface area (Å²) < 4.78 is 5.03. The summed E-state index contributed by atoms with van der Waals surface area (Å²) in [6.07, 6.45) is 4.37. The first kappa shape index (κ1) is 12.4. The molecule has 7 nitrogen and oxygen atoms in total. The fourth-order valence-electron chi connectivity index (χ4n) is 2.31. The number of carbonyl (C=O) groups excluding carboxylic acids is 1. The number of oxime groups is 1. The predicted octanol–water partition coefficient (Wildman–Crippen LogP) is 0.772. The van der Waals surface area contributed by atoms with Gasteiger partial charge in [0, 0.05) is 0 Å². The van der Waals surface area contributed by atoms with Crippen molar-refractivity contribution < 1.29 is 14.4 Å². The smallest absolute Gasteiger partial charge is 0.289 e. The van der Waals surface area contributed by atoms with Crippen LogP contribution in [0, 0.1) is 6.92 Å². The molecule has 0 saturated heterocycles. The minimum Gasteiger partial charge on any atom is -0.438 e. The van der Waals surface area contributed by atoms with Crippen molar-refractivity contribution in [2.45, 2.75) is 38.1 Å². The van der Waals surface area contributed by atoms with E-state index in [9.17, 15) is 4.79 Å². The van der Waals surface area contributed by atoms with E-state index in [1.807, 2.05) is 0 Å². The maximum absolute atomic E-state index is 12.1. The number of rotatable bonds is 3. The van der Waals surface area contributed by atoms with Crippen LogP contribution >= 0.6 is 0 Å². The molecule has 1 aromatic heterocycles. The fourth-order valence-corrected chi connectivity index (χ4v) is 2.31. The van der Waals surface area contributed by atoms with E-state index in [1.165, 1.54) is 6.39 Å². The zero-order chi connectivity index (χ0) is 13.2. The number of aryl methyl sites for hydroxylation is 1. The van der Waals surface area contributed by atoms with Crippen molar-refractivity contribution >= 4 is 11.7 Å². The standard InChI is InChI=1S/C11H16N4O3/c1-7-8(18-6-13-7)9(16)14-11(10(12)15-17)4-2-3-5-11/h6,17H,2-5H2,1H3,(H2,12,15)(H,14,16). The maximum atomic E-state index is 12.1. The SMILES string of the molecule is Cc1ncoc1C(=O)NC1(C(N)=NO)CCCC1. The van der Waals surface area contributed by atoms with Crippen LogP contribution in [-0.2, 0) is 0 Å². The van der Waals surface area contributed by atoms with E-state index >= 15 is 0 Å². The molecule has 4 N–H and O–H groups in total. The molecule has 0 aromatic carbocycles. The first-order valence-electron chi connectivity index (χ1n) is 5.80. The van der Waals surface area contributed by atoms with Gasteiger partial charge in [-0.15, -0.1) is 0 Å². The Hall–Kier alpha value is -2.05. The van der Waals surface area contributed by atoms with Gasteiger partial charge in [0.15, 0.2) is 12.2 Å². The molecule has 98 valence electrons. The average Bonchev–Trinajstić information content (AvgIpc) is 2.97. The molecule has 1 heterocycles. The molecule has 1 aliphatic carbocycles. The minimum absolute atomic E-state index is 0.0329. The van der Waals surface area contributed by atoms with Crippen molar-refractivity contribution in [1.82, 2.24) is 10.3 Å². The van der Waals surface area contributed by atoms with Gasteiger partial charge in [-0.3, -0.25) is 4.79 Å². The quantitative estimate of drug-likeness (QED) is 0.318. The van der Waals surface area contributed by atoms with Crippen molar-refractivity contribution in [3.05, 3.63) is 17.8 Å². The van der Waals surface area contributed by atoms with Crippen LogP contribution in [0.2, 0.25) is 0 Å². The van der Waals surface area contributed by atoms with Gasteiger partial charge in [-0.05, 0) is 19.8 Å². The topological polar surface area (TPSA) is 114 Å². The monoisotopic (exact) mass is 252 g/mol. The lowest BCUT2D eigenvalue weighted by Gasteiger charge is -2.28. The van der Waals surface area contributed by atoms with E-state index in [4.69, 9.17) is 15.4 Å². The highest BCUT2D eigenvalue weighted by Crippen LogP contribution is 2.30. The number of hydrogen-bond acceptors (Lipinski definition) is 5. The lowest BCUT2D eigenvalue weighted by Crippen LogP contribution is -2.55. The Morgan fingerprint density at radius 2 is 2.28 bits per heavy atom. The molecule has 18 heavy (non-hydrogen) atoms. The number of nitrogens with two attached hydrogens (primary N) is 1. The summed E-state index contributed by atoms with van der Waals surface area (Å²) in [4.78, 5) is 15.9. The second-order valence-electron chi connectivity index (χ2n) is 4.50. The Kier molecular flexibility index (Phi) is 3.22. The molecule has 2 rings (SSSR count). The lowest BCUT2D eigenvalue weighted by molar-refractivity contribution is 0.0893. The molecule has 1 aliphatic rings. The second-order valence-corrected chi connectivity index (χ2v) is 4.50. The molecule has 1 aromatic rings. The first-order valence-corrected chi connectivity index (χ1v) is 5.80. The van der Waals surface area contributed by atoms with Crippen LogP contribution in [0.4, 0.5) is 0 Å². The zero-order valence-corrected chi connectivity index (χ0v) is 10.1. The van der Waals surface area contributed by atoms with E-state index in [0.29, 0.717) is 18.5 Å². The third-order valence-corrected chi connectivity index (χ3v) is 3.36. The van der Waals surface area contributed by atoms with Crippen molar-refractivity contribution in [3.8, 4) is 0 Å². The van der Waals surface area contributed by atoms with E-state index in [2.05, 4.69) is 15.5 Å². The molecule has 0 bridgehead atoms. The molecule has 1 saturated carbocycles. The molecule has 0 atom stereocenters. The fraction of sp³-hybridized carbons (Fsp3) is 0.545. The maximum Gasteiger partial charge on any atom is 0.289 e. The number of oxazole rings is 1. The summed E-state index contributed by atoms with van der Waals surface area (Å²) in [6.45, 7) is 1.68. The van der Waals surface area contributed by atoms with Crippen LogP contribution in [0.15, 0.2) is 16.0 Å². The second kappa shape index (κ2) is 4.67. The predicted molar refractivity (Wildman–Crippen MR) is 63.3 cm³/mol. The highest BCUT2D eigenvalue weighted by atomic mass is 16.4. The molecule has 0 spiro atoms. The lowest BCUT2D eigenvalue weighted by atomic mass is 9.96. The Morgan fingerprint density at radius 3 is 2.78 bits per heavy atom. The number of amides is 1. The molecule has 0 aliphatic heterocycles. The van der Waals surface area contributed by atoms with Gasteiger partial charge in [-0.25, -0.2) is 4.98 Å². The van der Waals surface area contributed by atoms with Crippen LogP contribution in [0.3, 0.4) is 0 Å². The van der Waals surface area contributed by atoms with Crippen molar-refractivity contribution in [2.75, 3.05) is 0 Å². The van der Waals surface area contributed by atoms with E-state index < -0.39 is 11.4 Å².